The third kappa shape index (κ3) is 2.88. The van der Waals surface area contributed by atoms with Crippen LogP contribution < -0.4 is 4.90 Å². The highest BCUT2D eigenvalue weighted by Crippen LogP contribution is 2.60. The predicted octanol–water partition coefficient (Wildman–Crippen LogP) is 5.22. The number of halogens is 7. The van der Waals surface area contributed by atoms with E-state index in [0.717, 1.165) is 0 Å². The van der Waals surface area contributed by atoms with Gasteiger partial charge in [0.2, 0.25) is 5.82 Å². The number of carbonyl (C=O) groups is 2. The highest BCUT2D eigenvalue weighted by molar-refractivity contribution is 6.58. The fourth-order valence-corrected chi connectivity index (χ4v) is 5.12. The molecule has 0 radical (unpaired) electrons. The molecule has 0 saturated carbocycles. The lowest BCUT2D eigenvalue weighted by Crippen LogP contribution is -2.54. The van der Waals surface area contributed by atoms with E-state index in [0.29, 0.717) is 5.57 Å². The van der Waals surface area contributed by atoms with Crippen LogP contribution in [-0.2, 0) is 9.59 Å². The fourth-order valence-electron chi connectivity index (χ4n) is 4.27. The Kier molecular flexibility index (Phi) is 5.33. The lowest BCUT2D eigenvalue weighted by Gasteiger charge is -2.42. The summed E-state index contributed by atoms with van der Waals surface area (Å²) < 4.78 is 70.3. The normalized spacial score (nSPS) is 26.9. The summed E-state index contributed by atoms with van der Waals surface area (Å²) in [6.45, 7) is 3.63. The van der Waals surface area contributed by atoms with Crippen molar-refractivity contribution in [3.8, 4) is 5.75 Å². The SMILES string of the molecule is C=CC1=CCC2(Cl)C(=O)N(c3c(F)c(F)c(F)c(F)c3F)C(=O)C2(Cl)C1c1cccc(O)c1. The van der Waals surface area contributed by atoms with Crippen LogP contribution in [0.2, 0.25) is 0 Å². The van der Waals surface area contributed by atoms with E-state index in [2.05, 4.69) is 6.58 Å². The van der Waals surface area contributed by atoms with Gasteiger partial charge in [0, 0.05) is 5.92 Å². The van der Waals surface area contributed by atoms with Gasteiger partial charge in [0.25, 0.3) is 11.8 Å². The Morgan fingerprint density at radius 2 is 1.58 bits per heavy atom. The summed E-state index contributed by atoms with van der Waals surface area (Å²) in [5, 5.41) is 9.90. The van der Waals surface area contributed by atoms with Crippen molar-refractivity contribution in [2.24, 2.45) is 0 Å². The van der Waals surface area contributed by atoms with E-state index in [9.17, 15) is 36.6 Å². The Morgan fingerprint density at radius 3 is 2.12 bits per heavy atom. The van der Waals surface area contributed by atoms with E-state index in [4.69, 9.17) is 23.2 Å². The number of amides is 2. The minimum absolute atomic E-state index is 0.196. The summed E-state index contributed by atoms with van der Waals surface area (Å²) in [4.78, 5) is 21.7. The molecule has 0 spiro atoms. The van der Waals surface area contributed by atoms with Gasteiger partial charge in [-0.05, 0) is 29.7 Å². The number of benzene rings is 2. The molecule has 1 N–H and O–H groups in total. The van der Waals surface area contributed by atoms with Crippen molar-refractivity contribution in [2.75, 3.05) is 4.90 Å². The van der Waals surface area contributed by atoms with E-state index >= 15 is 0 Å². The van der Waals surface area contributed by atoms with Gasteiger partial charge in [-0.15, -0.1) is 23.2 Å². The largest absolute Gasteiger partial charge is 0.508 e. The minimum atomic E-state index is -2.46. The summed E-state index contributed by atoms with van der Waals surface area (Å²) in [6.07, 6.45) is 2.32. The Hall–Kier alpha value is -2.91. The van der Waals surface area contributed by atoms with Crippen LogP contribution in [0.15, 0.2) is 48.6 Å². The van der Waals surface area contributed by atoms with Crippen LogP contribution in [0.4, 0.5) is 27.6 Å². The first-order chi connectivity index (χ1) is 15.4. The van der Waals surface area contributed by atoms with Crippen LogP contribution in [0, 0.1) is 29.1 Å². The molecule has 1 heterocycles. The van der Waals surface area contributed by atoms with Gasteiger partial charge in [-0.25, -0.2) is 26.9 Å². The molecule has 2 aliphatic rings. The molecular formula is C22H12Cl2F5NO3. The lowest BCUT2D eigenvalue weighted by molar-refractivity contribution is -0.122. The van der Waals surface area contributed by atoms with Crippen molar-refractivity contribution < 1.29 is 36.6 Å². The molecule has 0 aromatic heterocycles. The zero-order valence-corrected chi connectivity index (χ0v) is 17.8. The maximum absolute atomic E-state index is 14.5. The smallest absolute Gasteiger partial charge is 0.258 e. The summed E-state index contributed by atoms with van der Waals surface area (Å²) in [5.41, 5.74) is -1.28. The number of fused-ring (bicyclic) bond motifs is 1. The molecule has 2 aromatic rings. The standard InChI is InChI=1S/C22H12Cl2F5NO3/c1-2-9-6-7-21(23)19(32)30(18-16(28)14(26)13(25)15(27)17(18)29)20(33)22(21,24)12(9)10-4-3-5-11(31)8-10/h2-6,8,12,31H,1,7H2. The molecule has 3 unspecified atom stereocenters. The van der Waals surface area contributed by atoms with E-state index in [-0.39, 0.29) is 16.2 Å². The van der Waals surface area contributed by atoms with Gasteiger partial charge < -0.3 is 5.11 Å². The highest BCUT2D eigenvalue weighted by atomic mass is 35.5. The number of hydrogen-bond donors (Lipinski definition) is 1. The van der Waals surface area contributed by atoms with Gasteiger partial charge >= 0.3 is 0 Å². The van der Waals surface area contributed by atoms with Crippen LogP contribution in [0.3, 0.4) is 0 Å². The van der Waals surface area contributed by atoms with Crippen LogP contribution in [-0.4, -0.2) is 26.7 Å². The van der Waals surface area contributed by atoms with Gasteiger partial charge in [0.1, 0.15) is 11.4 Å². The number of imide groups is 1. The third-order valence-electron chi connectivity index (χ3n) is 5.83. The van der Waals surface area contributed by atoms with E-state index in [1.165, 1.54) is 36.4 Å². The van der Waals surface area contributed by atoms with E-state index in [1.54, 1.807) is 0 Å². The first-order valence-corrected chi connectivity index (χ1v) is 10.1. The summed E-state index contributed by atoms with van der Waals surface area (Å²) in [7, 11) is 0. The number of nitrogens with zero attached hydrogens (tertiary/aromatic N) is 1. The number of carbonyl (C=O) groups excluding carboxylic acids is 2. The number of phenolic OH excluding ortho intramolecular Hbond substituents is 1. The highest BCUT2D eigenvalue weighted by Gasteiger charge is 2.73. The number of phenols is 1. The molecule has 1 aliphatic heterocycles. The molecule has 4 nitrogen and oxygen atoms in total. The Morgan fingerprint density at radius 1 is 1.00 bits per heavy atom. The van der Waals surface area contributed by atoms with E-state index < -0.39 is 68.7 Å². The van der Waals surface area contributed by atoms with Gasteiger partial charge in [-0.1, -0.05) is 30.9 Å². The average Bonchev–Trinajstić information content (AvgIpc) is 2.94. The fraction of sp³-hybridized carbons (Fsp3) is 0.182. The number of anilines is 1. The molecule has 2 amide bonds. The van der Waals surface area contributed by atoms with E-state index in [1.807, 2.05) is 0 Å². The monoisotopic (exact) mass is 503 g/mol. The van der Waals surface area contributed by atoms with Crippen LogP contribution in [0.1, 0.15) is 17.9 Å². The molecule has 2 aromatic carbocycles. The van der Waals surface area contributed by atoms with Crippen molar-refractivity contribution >= 4 is 40.7 Å². The second-order valence-corrected chi connectivity index (χ2v) is 8.76. The van der Waals surface area contributed by atoms with Crippen molar-refractivity contribution in [1.29, 1.82) is 0 Å². The lowest BCUT2D eigenvalue weighted by atomic mass is 9.68. The van der Waals surface area contributed by atoms with Crippen LogP contribution >= 0.6 is 23.2 Å². The maximum Gasteiger partial charge on any atom is 0.258 e. The minimum Gasteiger partial charge on any atom is -0.508 e. The predicted molar refractivity (Wildman–Crippen MR) is 110 cm³/mol. The number of hydrogen-bond acceptors (Lipinski definition) is 3. The molecule has 1 fully saturated rings. The van der Waals surface area contributed by atoms with Gasteiger partial charge in [0.15, 0.2) is 33.0 Å². The topological polar surface area (TPSA) is 57.6 Å². The van der Waals surface area contributed by atoms with Crippen LogP contribution in [0.5, 0.6) is 5.75 Å². The van der Waals surface area contributed by atoms with Gasteiger partial charge in [-0.2, -0.15) is 0 Å². The summed E-state index contributed by atoms with van der Waals surface area (Å²) >= 11 is 13.3. The maximum atomic E-state index is 14.5. The second kappa shape index (κ2) is 7.56. The molecular weight excluding hydrogens is 492 g/mol. The first-order valence-electron chi connectivity index (χ1n) is 9.31. The van der Waals surface area contributed by atoms with Gasteiger partial charge in [-0.3, -0.25) is 9.59 Å². The molecule has 4 rings (SSSR count). The number of rotatable bonds is 3. The quantitative estimate of drug-likeness (QED) is 0.205. The van der Waals surface area contributed by atoms with Crippen molar-refractivity contribution in [2.45, 2.75) is 22.1 Å². The first kappa shape index (κ1) is 23.3. The molecule has 1 saturated heterocycles. The van der Waals surface area contributed by atoms with Gasteiger partial charge in [0.05, 0.1) is 0 Å². The van der Waals surface area contributed by atoms with Crippen molar-refractivity contribution in [1.82, 2.24) is 0 Å². The zero-order chi connectivity index (χ0) is 24.5. The number of allylic oxidation sites excluding steroid dienone is 3. The summed E-state index contributed by atoms with van der Waals surface area (Å²) in [6, 6.07) is 5.42. The molecule has 33 heavy (non-hydrogen) atoms. The molecule has 11 heteroatoms. The van der Waals surface area contributed by atoms with Crippen LogP contribution in [0.25, 0.3) is 0 Å². The van der Waals surface area contributed by atoms with Crippen molar-refractivity contribution in [3.05, 3.63) is 83.2 Å². The molecule has 172 valence electrons. The molecule has 1 aliphatic carbocycles. The Bertz CT molecular complexity index is 1250. The zero-order valence-electron chi connectivity index (χ0n) is 16.3. The average molecular weight is 504 g/mol. The summed E-state index contributed by atoms with van der Waals surface area (Å²) in [5.74, 6) is -16.4. The third-order valence-corrected chi connectivity index (χ3v) is 7.25. The molecule has 0 bridgehead atoms. The second-order valence-electron chi connectivity index (χ2n) is 7.52. The molecule has 3 atom stereocenters. The van der Waals surface area contributed by atoms with Crippen molar-refractivity contribution in [3.63, 3.8) is 0 Å². The Balaban J connectivity index is 2.00. The Labute approximate surface area is 193 Å². The number of alkyl halides is 2. The number of aromatic hydroxyl groups is 1.